The van der Waals surface area contributed by atoms with Gasteiger partial charge in [0.25, 0.3) is 5.91 Å². The number of ether oxygens (including phenoxy) is 1. The molecule has 2 aromatic rings. The Bertz CT molecular complexity index is 908. The minimum Gasteiger partial charge on any atom is -0.484 e. The summed E-state index contributed by atoms with van der Waals surface area (Å²) >= 11 is 12.5. The van der Waals surface area contributed by atoms with E-state index in [0.29, 0.717) is 28.3 Å². The first-order chi connectivity index (χ1) is 14.6. The number of rotatable bonds is 9. The molecule has 2 aromatic carbocycles. The first kappa shape index (κ1) is 25.0. The van der Waals surface area contributed by atoms with Gasteiger partial charge in [0.05, 0.1) is 0 Å². The molecule has 1 N–H and O–H groups in total. The molecule has 31 heavy (non-hydrogen) atoms. The highest BCUT2D eigenvalue weighted by atomic mass is 35.5. The summed E-state index contributed by atoms with van der Waals surface area (Å²) in [7, 11) is 0. The number of aryl methyl sites for hydroxylation is 2. The maximum atomic E-state index is 13.1. The van der Waals surface area contributed by atoms with E-state index < -0.39 is 6.04 Å². The number of amides is 2. The van der Waals surface area contributed by atoms with Gasteiger partial charge in [-0.05, 0) is 61.6 Å². The third-order valence-corrected chi connectivity index (χ3v) is 5.89. The number of hydrogen-bond donors (Lipinski definition) is 1. The monoisotopic (exact) mass is 464 g/mol. The van der Waals surface area contributed by atoms with Crippen LogP contribution in [0, 0.1) is 19.8 Å². The van der Waals surface area contributed by atoms with E-state index in [2.05, 4.69) is 5.32 Å². The lowest BCUT2D eigenvalue weighted by molar-refractivity contribution is -0.142. The van der Waals surface area contributed by atoms with Crippen LogP contribution in [0.4, 0.5) is 0 Å². The molecule has 0 aromatic heterocycles. The third-order valence-electron chi connectivity index (χ3n) is 4.92. The molecule has 0 spiro atoms. The lowest BCUT2D eigenvalue weighted by Crippen LogP contribution is -2.49. The largest absolute Gasteiger partial charge is 0.484 e. The molecule has 2 rings (SSSR count). The Balaban J connectivity index is 2.19. The molecule has 0 radical (unpaired) electrons. The zero-order chi connectivity index (χ0) is 23.1. The van der Waals surface area contributed by atoms with Crippen LogP contribution in [0.3, 0.4) is 0 Å². The van der Waals surface area contributed by atoms with Gasteiger partial charge in [0.1, 0.15) is 11.8 Å². The minimum atomic E-state index is -0.681. The van der Waals surface area contributed by atoms with E-state index in [9.17, 15) is 9.59 Å². The Labute approximate surface area is 194 Å². The Morgan fingerprint density at radius 2 is 1.68 bits per heavy atom. The van der Waals surface area contributed by atoms with Gasteiger partial charge in [0, 0.05) is 23.1 Å². The van der Waals surface area contributed by atoms with Crippen LogP contribution in [0.25, 0.3) is 0 Å². The molecule has 2 amide bonds. The summed E-state index contributed by atoms with van der Waals surface area (Å²) in [4.78, 5) is 27.3. The normalized spacial score (nSPS) is 11.9. The highest BCUT2D eigenvalue weighted by Gasteiger charge is 2.27. The number of halogens is 2. The van der Waals surface area contributed by atoms with E-state index in [-0.39, 0.29) is 25.0 Å². The lowest BCUT2D eigenvalue weighted by atomic mass is 10.1. The number of nitrogens with zero attached hydrogens (tertiary/aromatic N) is 1. The van der Waals surface area contributed by atoms with Gasteiger partial charge in [-0.15, -0.1) is 0 Å². The molecule has 0 aliphatic carbocycles. The van der Waals surface area contributed by atoms with E-state index in [1.807, 2.05) is 45.9 Å². The second kappa shape index (κ2) is 11.4. The number of nitrogens with one attached hydrogen (secondary N) is 1. The molecule has 0 aliphatic heterocycles. The van der Waals surface area contributed by atoms with Crippen LogP contribution in [-0.4, -0.2) is 35.9 Å². The highest BCUT2D eigenvalue weighted by molar-refractivity contribution is 6.32. The fraction of sp³-hybridized carbons (Fsp3) is 0.417. The summed E-state index contributed by atoms with van der Waals surface area (Å²) < 4.78 is 5.75. The van der Waals surface area contributed by atoms with Gasteiger partial charge in [0.2, 0.25) is 5.91 Å². The first-order valence-electron chi connectivity index (χ1n) is 10.3. The molecule has 0 bridgehead atoms. The second-order valence-electron chi connectivity index (χ2n) is 8.09. The number of carbonyl (C=O) groups excluding carboxylic acids is 2. The van der Waals surface area contributed by atoms with Gasteiger partial charge in [0.15, 0.2) is 6.61 Å². The van der Waals surface area contributed by atoms with Crippen molar-refractivity contribution in [3.8, 4) is 5.75 Å². The van der Waals surface area contributed by atoms with E-state index in [1.54, 1.807) is 25.1 Å². The molecule has 5 nitrogen and oxygen atoms in total. The van der Waals surface area contributed by atoms with Crippen LogP contribution >= 0.6 is 23.2 Å². The van der Waals surface area contributed by atoms with Crippen molar-refractivity contribution >= 4 is 35.0 Å². The number of carbonyl (C=O) groups is 2. The van der Waals surface area contributed by atoms with Crippen LogP contribution in [0.5, 0.6) is 5.75 Å². The van der Waals surface area contributed by atoms with Gasteiger partial charge >= 0.3 is 0 Å². The van der Waals surface area contributed by atoms with Crippen LogP contribution in [0.1, 0.15) is 37.5 Å². The van der Waals surface area contributed by atoms with Gasteiger partial charge in [-0.2, -0.15) is 0 Å². The Kier molecular flexibility index (Phi) is 9.20. The van der Waals surface area contributed by atoms with Gasteiger partial charge in [-0.1, -0.05) is 55.2 Å². The quantitative estimate of drug-likeness (QED) is 0.555. The Hall–Kier alpha value is -2.24. The van der Waals surface area contributed by atoms with Crippen molar-refractivity contribution in [1.82, 2.24) is 10.2 Å². The maximum Gasteiger partial charge on any atom is 0.261 e. The summed E-state index contributed by atoms with van der Waals surface area (Å²) in [6.45, 7) is 10.1. The standard InChI is InChI=1S/C24H30Cl2N2O3/c1-15(2)12-27-24(30)18(5)28(13-19-8-6-7-9-21(19)25)22(29)14-31-20-10-16(3)23(26)17(4)11-20/h6-11,15,18H,12-14H2,1-5H3,(H,27,30)/t18-/m1/s1. The molecule has 0 saturated carbocycles. The molecule has 1 atom stereocenters. The molecule has 0 fully saturated rings. The molecule has 0 unspecified atom stereocenters. The van der Waals surface area contributed by atoms with Crippen molar-refractivity contribution in [2.45, 2.75) is 47.2 Å². The smallest absolute Gasteiger partial charge is 0.261 e. The lowest BCUT2D eigenvalue weighted by Gasteiger charge is -2.29. The van der Waals surface area contributed by atoms with E-state index >= 15 is 0 Å². The van der Waals surface area contributed by atoms with Crippen molar-refractivity contribution in [2.75, 3.05) is 13.2 Å². The van der Waals surface area contributed by atoms with Crippen molar-refractivity contribution in [1.29, 1.82) is 0 Å². The van der Waals surface area contributed by atoms with Crippen LogP contribution in [-0.2, 0) is 16.1 Å². The summed E-state index contributed by atoms with van der Waals surface area (Å²) in [5.74, 6) is 0.343. The van der Waals surface area contributed by atoms with Gasteiger partial charge in [-0.3, -0.25) is 9.59 Å². The summed E-state index contributed by atoms with van der Waals surface area (Å²) in [6.07, 6.45) is 0. The van der Waals surface area contributed by atoms with Crippen LogP contribution < -0.4 is 10.1 Å². The SMILES string of the molecule is Cc1cc(OCC(=O)N(Cc2ccccc2Cl)[C@H](C)C(=O)NCC(C)C)cc(C)c1Cl. The van der Waals surface area contributed by atoms with Crippen molar-refractivity contribution in [2.24, 2.45) is 5.92 Å². The van der Waals surface area contributed by atoms with Crippen LogP contribution in [0.15, 0.2) is 36.4 Å². The molecule has 0 aliphatic rings. The zero-order valence-corrected chi connectivity index (χ0v) is 20.2. The average Bonchev–Trinajstić information content (AvgIpc) is 2.72. The molecule has 7 heteroatoms. The van der Waals surface area contributed by atoms with E-state index in [0.717, 1.165) is 16.7 Å². The van der Waals surface area contributed by atoms with Crippen molar-refractivity contribution < 1.29 is 14.3 Å². The summed E-state index contributed by atoms with van der Waals surface area (Å²) in [5, 5.41) is 4.11. The van der Waals surface area contributed by atoms with Gasteiger partial charge < -0.3 is 15.0 Å². The minimum absolute atomic E-state index is 0.202. The molecule has 0 saturated heterocycles. The highest BCUT2D eigenvalue weighted by Crippen LogP contribution is 2.26. The summed E-state index contributed by atoms with van der Waals surface area (Å²) in [5.41, 5.74) is 2.51. The van der Waals surface area contributed by atoms with E-state index in [1.165, 1.54) is 4.90 Å². The second-order valence-corrected chi connectivity index (χ2v) is 8.87. The number of hydrogen-bond acceptors (Lipinski definition) is 3. The van der Waals surface area contributed by atoms with Crippen molar-refractivity contribution in [3.05, 3.63) is 63.1 Å². The Morgan fingerprint density at radius 3 is 2.26 bits per heavy atom. The predicted molar refractivity (Wildman–Crippen MR) is 126 cm³/mol. The molecular formula is C24H30Cl2N2O3. The predicted octanol–water partition coefficient (Wildman–Crippen LogP) is 5.18. The zero-order valence-electron chi connectivity index (χ0n) is 18.7. The van der Waals surface area contributed by atoms with Crippen LogP contribution in [0.2, 0.25) is 10.0 Å². The molecular weight excluding hydrogens is 435 g/mol. The topological polar surface area (TPSA) is 58.6 Å². The Morgan fingerprint density at radius 1 is 1.06 bits per heavy atom. The fourth-order valence-corrected chi connectivity index (χ4v) is 3.37. The van der Waals surface area contributed by atoms with Gasteiger partial charge in [-0.25, -0.2) is 0 Å². The fourth-order valence-electron chi connectivity index (χ4n) is 3.06. The maximum absolute atomic E-state index is 13.1. The molecule has 0 heterocycles. The summed E-state index contributed by atoms with van der Waals surface area (Å²) in [6, 6.07) is 10.2. The van der Waals surface area contributed by atoms with E-state index in [4.69, 9.17) is 27.9 Å². The molecule has 168 valence electrons. The first-order valence-corrected chi connectivity index (χ1v) is 11.1. The van der Waals surface area contributed by atoms with Crippen molar-refractivity contribution in [3.63, 3.8) is 0 Å². The number of benzene rings is 2. The average molecular weight is 465 g/mol. The third kappa shape index (κ3) is 7.15.